The molecule has 10 heteroatoms. The van der Waals surface area contributed by atoms with Gasteiger partial charge in [-0.05, 0) is 49.8 Å². The van der Waals surface area contributed by atoms with Crippen LogP contribution < -0.4 is 10.7 Å². The van der Waals surface area contributed by atoms with Gasteiger partial charge in [0.25, 0.3) is 5.91 Å². The molecule has 1 aliphatic heterocycles. The summed E-state index contributed by atoms with van der Waals surface area (Å²) in [6.07, 6.45) is 0.0884. The van der Waals surface area contributed by atoms with E-state index >= 15 is 0 Å². The van der Waals surface area contributed by atoms with E-state index in [0.29, 0.717) is 12.2 Å². The molecule has 0 saturated carbocycles. The summed E-state index contributed by atoms with van der Waals surface area (Å²) < 4.78 is 12.9. The van der Waals surface area contributed by atoms with Gasteiger partial charge < -0.3 is 10.4 Å². The Morgan fingerprint density at radius 3 is 2.52 bits per heavy atom. The molecule has 8 nitrogen and oxygen atoms in total. The molecule has 27 heavy (non-hydrogen) atoms. The first-order valence-corrected chi connectivity index (χ1v) is 8.88. The molecule has 1 aromatic carbocycles. The van der Waals surface area contributed by atoms with Gasteiger partial charge in [0.1, 0.15) is 11.9 Å². The third-order valence-electron chi connectivity index (χ3n) is 3.93. The number of rotatable bonds is 8. The Bertz CT molecular complexity index is 728. The van der Waals surface area contributed by atoms with Gasteiger partial charge in [-0.2, -0.15) is 0 Å². The molecule has 0 spiro atoms. The molecule has 1 unspecified atom stereocenters. The Morgan fingerprint density at radius 1 is 1.26 bits per heavy atom. The highest BCUT2D eigenvalue weighted by atomic mass is 32.1. The van der Waals surface area contributed by atoms with Gasteiger partial charge in [-0.15, -0.1) is 0 Å². The molecule has 1 heterocycles. The summed E-state index contributed by atoms with van der Waals surface area (Å²) in [4.78, 5) is 38.1. The molecule has 1 aliphatic rings. The number of carbonyl (C=O) groups is 3. The molecule has 0 aliphatic carbocycles. The summed E-state index contributed by atoms with van der Waals surface area (Å²) in [6.45, 7) is 1.90. The fraction of sp³-hybridized carbons (Fsp3) is 0.412. The Labute approximate surface area is 161 Å². The zero-order valence-electron chi connectivity index (χ0n) is 14.8. The van der Waals surface area contributed by atoms with E-state index in [1.54, 1.807) is 6.92 Å². The minimum Gasteiger partial charge on any atom is -0.396 e. The van der Waals surface area contributed by atoms with Gasteiger partial charge in [0.15, 0.2) is 5.11 Å². The fourth-order valence-corrected chi connectivity index (χ4v) is 2.99. The second-order valence-electron chi connectivity index (χ2n) is 5.87. The van der Waals surface area contributed by atoms with Crippen LogP contribution in [-0.4, -0.2) is 57.0 Å². The van der Waals surface area contributed by atoms with E-state index in [2.05, 4.69) is 10.7 Å². The van der Waals surface area contributed by atoms with E-state index in [1.165, 1.54) is 34.2 Å². The molecular weight excluding hydrogens is 375 g/mol. The predicted molar refractivity (Wildman–Crippen MR) is 99.7 cm³/mol. The van der Waals surface area contributed by atoms with Gasteiger partial charge in [-0.25, -0.2) is 9.40 Å². The smallest absolute Gasteiger partial charge is 0.254 e. The Balaban J connectivity index is 2.08. The Kier molecular flexibility index (Phi) is 7.19. The van der Waals surface area contributed by atoms with E-state index in [9.17, 15) is 18.8 Å². The lowest BCUT2D eigenvalue weighted by atomic mass is 10.2. The van der Waals surface area contributed by atoms with Crippen molar-refractivity contribution in [1.29, 1.82) is 0 Å². The van der Waals surface area contributed by atoms with Crippen LogP contribution in [0.3, 0.4) is 0 Å². The summed E-state index contributed by atoms with van der Waals surface area (Å²) in [6, 6.07) is 4.24. The van der Waals surface area contributed by atoms with Gasteiger partial charge in [0.2, 0.25) is 11.8 Å². The first-order chi connectivity index (χ1) is 12.9. The van der Waals surface area contributed by atoms with Crippen molar-refractivity contribution in [2.75, 3.05) is 18.5 Å². The van der Waals surface area contributed by atoms with Gasteiger partial charge >= 0.3 is 0 Å². The standard InChI is InChI=1S/C17H21FN4O4S/c1-2-21-16(26)13(22(17(21)27)20-14(24)4-3-9-23)10-15(25)19-12-7-5-11(18)6-8-12/h5-8,13,23H,2-4,9-10H2,1H3,(H,19,25)(H,20,24). The molecule has 3 amide bonds. The first-order valence-electron chi connectivity index (χ1n) is 8.47. The van der Waals surface area contributed by atoms with Crippen LogP contribution in [0.5, 0.6) is 0 Å². The number of hydrogen-bond donors (Lipinski definition) is 3. The van der Waals surface area contributed by atoms with Gasteiger partial charge in [-0.1, -0.05) is 0 Å². The highest BCUT2D eigenvalue weighted by Gasteiger charge is 2.43. The summed E-state index contributed by atoms with van der Waals surface area (Å²) in [5, 5.41) is 12.7. The number of aliphatic hydroxyl groups excluding tert-OH is 1. The molecule has 2 rings (SSSR count). The van der Waals surface area contributed by atoms with Crippen LogP contribution in [0.2, 0.25) is 0 Å². The Hall–Kier alpha value is -2.59. The zero-order valence-corrected chi connectivity index (χ0v) is 15.6. The average Bonchev–Trinajstić information content (AvgIpc) is 2.85. The molecule has 1 atom stereocenters. The van der Waals surface area contributed by atoms with E-state index in [1.807, 2.05) is 0 Å². The third-order valence-corrected chi connectivity index (χ3v) is 4.35. The molecular formula is C17H21FN4O4S. The number of nitrogens with one attached hydrogen (secondary N) is 2. The summed E-state index contributed by atoms with van der Waals surface area (Å²) in [5.41, 5.74) is 2.92. The fourth-order valence-electron chi connectivity index (χ4n) is 2.59. The molecule has 1 saturated heterocycles. The number of nitrogens with zero attached hydrogens (tertiary/aromatic N) is 2. The number of benzene rings is 1. The number of hydrogen-bond acceptors (Lipinski definition) is 5. The monoisotopic (exact) mass is 396 g/mol. The molecule has 1 aromatic rings. The lowest BCUT2D eigenvalue weighted by Gasteiger charge is -2.24. The van der Waals surface area contributed by atoms with Crippen LogP contribution in [0, 0.1) is 5.82 Å². The third kappa shape index (κ3) is 5.20. The SMILES string of the molecule is CCN1C(=O)C(CC(=O)Nc2ccc(F)cc2)N(NC(=O)CCCO)C1=S. The topological polar surface area (TPSA) is 102 Å². The van der Waals surface area contributed by atoms with Gasteiger partial charge in [0, 0.05) is 25.3 Å². The van der Waals surface area contributed by atoms with Crippen molar-refractivity contribution in [3.8, 4) is 0 Å². The molecule has 0 bridgehead atoms. The van der Waals surface area contributed by atoms with Crippen LogP contribution in [-0.2, 0) is 14.4 Å². The van der Waals surface area contributed by atoms with Crippen molar-refractivity contribution in [3.05, 3.63) is 30.1 Å². The average molecular weight is 396 g/mol. The largest absolute Gasteiger partial charge is 0.396 e. The Morgan fingerprint density at radius 2 is 1.93 bits per heavy atom. The van der Waals surface area contributed by atoms with Crippen LogP contribution in [0.4, 0.5) is 10.1 Å². The van der Waals surface area contributed by atoms with Crippen molar-refractivity contribution >= 4 is 40.7 Å². The van der Waals surface area contributed by atoms with Crippen molar-refractivity contribution in [3.63, 3.8) is 0 Å². The lowest BCUT2D eigenvalue weighted by molar-refractivity contribution is -0.132. The van der Waals surface area contributed by atoms with Crippen LogP contribution in [0.25, 0.3) is 0 Å². The number of carbonyl (C=O) groups excluding carboxylic acids is 3. The predicted octanol–water partition coefficient (Wildman–Crippen LogP) is 0.776. The van der Waals surface area contributed by atoms with E-state index < -0.39 is 23.7 Å². The van der Waals surface area contributed by atoms with Crippen LogP contribution in [0.1, 0.15) is 26.2 Å². The first kappa shape index (κ1) is 20.7. The maximum atomic E-state index is 12.9. The quantitative estimate of drug-likeness (QED) is 0.561. The molecule has 1 fully saturated rings. The van der Waals surface area contributed by atoms with Crippen LogP contribution in [0.15, 0.2) is 24.3 Å². The minimum absolute atomic E-state index is 0.0599. The van der Waals surface area contributed by atoms with E-state index in [0.717, 1.165) is 0 Å². The van der Waals surface area contributed by atoms with Gasteiger partial charge in [0.05, 0.1) is 6.42 Å². The lowest BCUT2D eigenvalue weighted by Crippen LogP contribution is -2.49. The van der Waals surface area contributed by atoms with Crippen molar-refractivity contribution in [1.82, 2.24) is 15.3 Å². The number of hydrazine groups is 1. The number of anilines is 1. The number of aliphatic hydroxyl groups is 1. The highest BCUT2D eigenvalue weighted by molar-refractivity contribution is 7.80. The highest BCUT2D eigenvalue weighted by Crippen LogP contribution is 2.20. The zero-order chi connectivity index (χ0) is 20.0. The summed E-state index contributed by atoms with van der Waals surface area (Å²) in [7, 11) is 0. The summed E-state index contributed by atoms with van der Waals surface area (Å²) in [5.74, 6) is -1.71. The molecule has 3 N–H and O–H groups in total. The number of amides is 3. The molecule has 146 valence electrons. The van der Waals surface area contributed by atoms with Gasteiger partial charge in [-0.3, -0.25) is 24.7 Å². The van der Waals surface area contributed by atoms with Crippen LogP contribution >= 0.6 is 12.2 Å². The number of thiocarbonyl (C=S) groups is 1. The summed E-state index contributed by atoms with van der Waals surface area (Å²) >= 11 is 5.24. The minimum atomic E-state index is -0.976. The number of likely N-dealkylation sites (N-methyl/N-ethyl adjacent to an activating group) is 1. The van der Waals surface area contributed by atoms with E-state index in [4.69, 9.17) is 17.3 Å². The van der Waals surface area contributed by atoms with E-state index in [-0.39, 0.29) is 36.9 Å². The molecule has 0 radical (unpaired) electrons. The maximum absolute atomic E-state index is 12.9. The second kappa shape index (κ2) is 9.38. The second-order valence-corrected chi connectivity index (χ2v) is 6.24. The maximum Gasteiger partial charge on any atom is 0.254 e. The van der Waals surface area contributed by atoms with Crippen molar-refractivity contribution in [2.24, 2.45) is 0 Å². The van der Waals surface area contributed by atoms with Crippen molar-refractivity contribution in [2.45, 2.75) is 32.2 Å². The van der Waals surface area contributed by atoms with Crippen molar-refractivity contribution < 1.29 is 23.9 Å². The molecule has 0 aromatic heterocycles. The number of halogens is 1. The normalized spacial score (nSPS) is 16.6.